The fourth-order valence-electron chi connectivity index (χ4n) is 3.70. The van der Waals surface area contributed by atoms with Crippen molar-refractivity contribution in [1.82, 2.24) is 15.1 Å². The van der Waals surface area contributed by atoms with Crippen LogP contribution in [0.25, 0.3) is 0 Å². The van der Waals surface area contributed by atoms with Gasteiger partial charge in [0.05, 0.1) is 6.54 Å². The molecule has 0 aliphatic carbocycles. The van der Waals surface area contributed by atoms with Crippen LogP contribution in [-0.4, -0.2) is 59.0 Å². The Kier molecular flexibility index (Phi) is 6.04. The maximum absolute atomic E-state index is 12.1. The molecule has 0 spiro atoms. The molecule has 1 amide bonds. The highest BCUT2D eigenvalue weighted by molar-refractivity contribution is 5.80. The zero-order chi connectivity index (χ0) is 17.6. The van der Waals surface area contributed by atoms with Crippen LogP contribution >= 0.6 is 0 Å². The molecule has 6 heteroatoms. The minimum atomic E-state index is -0.834. The van der Waals surface area contributed by atoms with Crippen LogP contribution in [0.5, 0.6) is 0 Å². The van der Waals surface area contributed by atoms with Crippen LogP contribution in [0, 0.1) is 0 Å². The third-order valence-corrected chi connectivity index (χ3v) is 5.11. The van der Waals surface area contributed by atoms with Crippen LogP contribution in [0.2, 0.25) is 0 Å². The highest BCUT2D eigenvalue weighted by Crippen LogP contribution is 2.17. The van der Waals surface area contributed by atoms with Crippen molar-refractivity contribution in [3.05, 3.63) is 35.4 Å². The van der Waals surface area contributed by atoms with E-state index in [1.165, 1.54) is 31.5 Å². The molecule has 2 aliphatic heterocycles. The first-order valence-electron chi connectivity index (χ1n) is 9.15. The quantitative estimate of drug-likeness (QED) is 0.782. The van der Waals surface area contributed by atoms with Crippen LogP contribution in [0.4, 0.5) is 0 Å². The molecule has 1 aromatic carbocycles. The number of carbonyl (C=O) groups excluding carboxylic acids is 1. The molecule has 2 fully saturated rings. The number of amides is 1. The lowest BCUT2D eigenvalue weighted by molar-refractivity contribution is -0.142. The van der Waals surface area contributed by atoms with Crippen LogP contribution in [0.15, 0.2) is 24.3 Å². The topological polar surface area (TPSA) is 72.9 Å². The lowest BCUT2D eigenvalue weighted by atomic mass is 10.1. The smallest absolute Gasteiger partial charge is 0.320 e. The summed E-state index contributed by atoms with van der Waals surface area (Å²) in [6.45, 7) is 4.68. The SMILES string of the molecule is O=C(CN1CCCC1C(=O)O)NCc1ccc(CN2CCCC2)cc1. The molecule has 1 atom stereocenters. The average Bonchev–Trinajstić information content (AvgIpc) is 3.26. The molecule has 6 nitrogen and oxygen atoms in total. The van der Waals surface area contributed by atoms with E-state index in [2.05, 4.69) is 34.5 Å². The number of carbonyl (C=O) groups is 2. The number of nitrogens with zero attached hydrogens (tertiary/aromatic N) is 2. The molecule has 2 aliphatic rings. The van der Waals surface area contributed by atoms with E-state index in [1.807, 2.05) is 0 Å². The Labute approximate surface area is 148 Å². The fraction of sp³-hybridized carbons (Fsp3) is 0.579. The van der Waals surface area contributed by atoms with Crippen LogP contribution in [0.1, 0.15) is 36.8 Å². The standard InChI is InChI=1S/C19H27N3O3/c23-18(14-22-11-3-4-17(22)19(24)25)20-12-15-5-7-16(8-6-15)13-21-9-1-2-10-21/h5-8,17H,1-4,9-14H2,(H,20,23)(H,24,25). The molecule has 2 saturated heterocycles. The summed E-state index contributed by atoms with van der Waals surface area (Å²) >= 11 is 0. The summed E-state index contributed by atoms with van der Waals surface area (Å²) in [6, 6.07) is 7.85. The third-order valence-electron chi connectivity index (χ3n) is 5.11. The number of benzene rings is 1. The first-order valence-corrected chi connectivity index (χ1v) is 9.15. The van der Waals surface area contributed by atoms with Gasteiger partial charge in [0.2, 0.25) is 5.91 Å². The molecule has 1 aromatic rings. The lowest BCUT2D eigenvalue weighted by Crippen LogP contribution is -2.42. The summed E-state index contributed by atoms with van der Waals surface area (Å²) in [7, 11) is 0. The number of nitrogens with one attached hydrogen (secondary N) is 1. The average molecular weight is 345 g/mol. The van der Waals surface area contributed by atoms with Crippen molar-refractivity contribution >= 4 is 11.9 Å². The second kappa shape index (κ2) is 8.45. The van der Waals surface area contributed by atoms with Crippen LogP contribution in [0.3, 0.4) is 0 Å². The van der Waals surface area contributed by atoms with Gasteiger partial charge in [-0.25, -0.2) is 0 Å². The number of likely N-dealkylation sites (tertiary alicyclic amines) is 2. The number of carboxylic acid groups (broad SMARTS) is 1. The van der Waals surface area contributed by atoms with Gasteiger partial charge in [-0.2, -0.15) is 0 Å². The van der Waals surface area contributed by atoms with Crippen molar-refractivity contribution in [3.63, 3.8) is 0 Å². The van der Waals surface area contributed by atoms with E-state index in [1.54, 1.807) is 4.90 Å². The summed E-state index contributed by atoms with van der Waals surface area (Å²) in [5.74, 6) is -0.951. The van der Waals surface area contributed by atoms with Crippen molar-refractivity contribution in [2.45, 2.75) is 44.8 Å². The monoisotopic (exact) mass is 345 g/mol. The van der Waals surface area contributed by atoms with E-state index in [-0.39, 0.29) is 12.5 Å². The predicted octanol–water partition coefficient (Wildman–Crippen LogP) is 1.45. The van der Waals surface area contributed by atoms with Crippen molar-refractivity contribution in [1.29, 1.82) is 0 Å². The summed E-state index contributed by atoms with van der Waals surface area (Å²) in [6.07, 6.45) is 4.05. The highest BCUT2D eigenvalue weighted by atomic mass is 16.4. The van der Waals surface area contributed by atoms with Gasteiger partial charge >= 0.3 is 5.97 Å². The molecule has 2 heterocycles. The van der Waals surface area contributed by atoms with Crippen LogP contribution in [-0.2, 0) is 22.7 Å². The van der Waals surface area contributed by atoms with Gasteiger partial charge in [-0.05, 0) is 56.4 Å². The van der Waals surface area contributed by atoms with Gasteiger partial charge < -0.3 is 10.4 Å². The van der Waals surface area contributed by atoms with E-state index in [0.29, 0.717) is 19.5 Å². The minimum absolute atomic E-state index is 0.116. The van der Waals surface area contributed by atoms with Gasteiger partial charge in [0.15, 0.2) is 0 Å². The van der Waals surface area contributed by atoms with Crippen LogP contribution < -0.4 is 5.32 Å². The molecular weight excluding hydrogens is 318 g/mol. The Morgan fingerprint density at radius 2 is 1.72 bits per heavy atom. The van der Waals surface area contributed by atoms with E-state index in [4.69, 9.17) is 5.11 Å². The number of rotatable bonds is 7. The number of hydrogen-bond acceptors (Lipinski definition) is 4. The fourth-order valence-corrected chi connectivity index (χ4v) is 3.70. The summed E-state index contributed by atoms with van der Waals surface area (Å²) < 4.78 is 0. The van der Waals surface area contributed by atoms with Gasteiger partial charge in [0.1, 0.15) is 6.04 Å². The van der Waals surface area contributed by atoms with Crippen molar-refractivity contribution < 1.29 is 14.7 Å². The molecule has 25 heavy (non-hydrogen) atoms. The normalized spacial score (nSPS) is 21.5. The molecule has 136 valence electrons. The van der Waals surface area contributed by atoms with E-state index < -0.39 is 12.0 Å². The van der Waals surface area contributed by atoms with Gasteiger partial charge in [0.25, 0.3) is 0 Å². The van der Waals surface area contributed by atoms with E-state index in [0.717, 1.165) is 18.5 Å². The van der Waals surface area contributed by atoms with Gasteiger partial charge in [-0.1, -0.05) is 24.3 Å². The molecule has 0 radical (unpaired) electrons. The maximum atomic E-state index is 12.1. The Hall–Kier alpha value is -1.92. The summed E-state index contributed by atoms with van der Waals surface area (Å²) in [5.41, 5.74) is 2.37. The zero-order valence-electron chi connectivity index (χ0n) is 14.6. The highest BCUT2D eigenvalue weighted by Gasteiger charge is 2.31. The number of hydrogen-bond donors (Lipinski definition) is 2. The molecule has 0 aromatic heterocycles. The molecule has 1 unspecified atom stereocenters. The van der Waals surface area contributed by atoms with Gasteiger partial charge in [-0.15, -0.1) is 0 Å². The first-order chi connectivity index (χ1) is 12.1. The Bertz CT molecular complexity index is 596. The molecule has 3 rings (SSSR count). The minimum Gasteiger partial charge on any atom is -0.480 e. The molecule has 2 N–H and O–H groups in total. The number of aliphatic carboxylic acids is 1. The Morgan fingerprint density at radius 3 is 2.40 bits per heavy atom. The largest absolute Gasteiger partial charge is 0.480 e. The zero-order valence-corrected chi connectivity index (χ0v) is 14.6. The summed E-state index contributed by atoms with van der Waals surface area (Å²) in [5, 5.41) is 12.0. The van der Waals surface area contributed by atoms with Crippen molar-refractivity contribution in [2.24, 2.45) is 0 Å². The van der Waals surface area contributed by atoms with Crippen molar-refractivity contribution in [2.75, 3.05) is 26.2 Å². The Morgan fingerprint density at radius 1 is 1.04 bits per heavy atom. The lowest BCUT2D eigenvalue weighted by Gasteiger charge is -2.20. The third kappa shape index (κ3) is 5.03. The van der Waals surface area contributed by atoms with Crippen molar-refractivity contribution in [3.8, 4) is 0 Å². The summed E-state index contributed by atoms with van der Waals surface area (Å²) in [4.78, 5) is 27.4. The van der Waals surface area contributed by atoms with E-state index in [9.17, 15) is 9.59 Å². The van der Waals surface area contributed by atoms with Gasteiger partial charge in [0, 0.05) is 13.1 Å². The maximum Gasteiger partial charge on any atom is 0.320 e. The second-order valence-corrected chi connectivity index (χ2v) is 7.04. The number of carboxylic acids is 1. The second-order valence-electron chi connectivity index (χ2n) is 7.04. The Balaban J connectivity index is 1.43. The van der Waals surface area contributed by atoms with Gasteiger partial charge in [-0.3, -0.25) is 19.4 Å². The molecule has 0 saturated carbocycles. The van der Waals surface area contributed by atoms with E-state index >= 15 is 0 Å². The molecular formula is C19H27N3O3. The first kappa shape index (κ1) is 17.9. The predicted molar refractivity (Wildman–Crippen MR) is 95.0 cm³/mol. The molecule has 0 bridgehead atoms.